The molecule has 0 N–H and O–H groups in total. The molecule has 0 aliphatic rings. The van der Waals surface area contributed by atoms with Crippen LogP contribution in [-0.2, 0) is 6.54 Å². The zero-order valence-electron chi connectivity index (χ0n) is 14.4. The van der Waals surface area contributed by atoms with Crippen LogP contribution in [0, 0.1) is 0 Å². The molecule has 0 spiro atoms. The van der Waals surface area contributed by atoms with E-state index in [4.69, 9.17) is 13.9 Å². The van der Waals surface area contributed by atoms with E-state index in [2.05, 4.69) is 15.1 Å². The zero-order valence-corrected chi connectivity index (χ0v) is 14.4. The Labute approximate surface area is 147 Å². The monoisotopic (exact) mass is 339 g/mol. The van der Waals surface area contributed by atoms with Gasteiger partial charge in [-0.05, 0) is 43.4 Å². The van der Waals surface area contributed by atoms with Gasteiger partial charge in [-0.3, -0.25) is 4.90 Å². The fourth-order valence-corrected chi connectivity index (χ4v) is 2.32. The van der Waals surface area contributed by atoms with Crippen LogP contribution in [0.3, 0.4) is 0 Å². The average Bonchev–Trinajstić information content (AvgIpc) is 3.11. The highest BCUT2D eigenvalue weighted by molar-refractivity contribution is 5.51. The summed E-state index contributed by atoms with van der Waals surface area (Å²) in [7, 11) is 3.63. The van der Waals surface area contributed by atoms with Crippen molar-refractivity contribution in [3.05, 3.63) is 60.5 Å². The lowest BCUT2D eigenvalue weighted by Gasteiger charge is -2.14. The van der Waals surface area contributed by atoms with Crippen molar-refractivity contribution < 1.29 is 13.9 Å². The molecule has 6 heteroatoms. The van der Waals surface area contributed by atoms with Crippen molar-refractivity contribution in [3.8, 4) is 23.0 Å². The van der Waals surface area contributed by atoms with Crippen molar-refractivity contribution in [2.75, 3.05) is 27.3 Å². The molecule has 3 aromatic rings. The maximum Gasteiger partial charge on any atom is 0.247 e. The number of rotatable bonds is 8. The van der Waals surface area contributed by atoms with Crippen molar-refractivity contribution in [2.45, 2.75) is 6.54 Å². The molecule has 0 fully saturated rings. The molecule has 1 aromatic heterocycles. The van der Waals surface area contributed by atoms with E-state index in [1.54, 1.807) is 7.11 Å². The first-order valence-electron chi connectivity index (χ1n) is 8.08. The van der Waals surface area contributed by atoms with Crippen LogP contribution < -0.4 is 9.47 Å². The molecule has 0 amide bonds. The molecule has 0 saturated carbocycles. The Morgan fingerprint density at radius 1 is 0.960 bits per heavy atom. The number of nitrogens with zero attached hydrogens (tertiary/aromatic N) is 3. The SMILES string of the molecule is COc1ccc(OCCN(C)Cc2nnc(-c3ccccc3)o2)cc1. The Morgan fingerprint density at radius 3 is 2.40 bits per heavy atom. The fourth-order valence-electron chi connectivity index (χ4n) is 2.32. The minimum Gasteiger partial charge on any atom is -0.497 e. The van der Waals surface area contributed by atoms with Crippen molar-refractivity contribution in [1.29, 1.82) is 0 Å². The molecule has 0 aliphatic heterocycles. The first-order valence-corrected chi connectivity index (χ1v) is 8.08. The van der Waals surface area contributed by atoms with Crippen LogP contribution in [0.1, 0.15) is 5.89 Å². The number of hydrogen-bond acceptors (Lipinski definition) is 6. The Morgan fingerprint density at radius 2 is 1.68 bits per heavy atom. The third kappa shape index (κ3) is 4.81. The van der Waals surface area contributed by atoms with E-state index in [1.807, 2.05) is 61.6 Å². The number of ether oxygens (including phenoxy) is 2. The number of methoxy groups -OCH3 is 1. The molecule has 6 nitrogen and oxygen atoms in total. The van der Waals surface area contributed by atoms with Gasteiger partial charge in [-0.1, -0.05) is 18.2 Å². The second kappa shape index (κ2) is 8.30. The molecule has 2 aromatic carbocycles. The summed E-state index contributed by atoms with van der Waals surface area (Å²) in [5.41, 5.74) is 0.923. The Kier molecular flexibility index (Phi) is 5.64. The Hall–Kier alpha value is -2.86. The van der Waals surface area contributed by atoms with Gasteiger partial charge >= 0.3 is 0 Å². The maximum atomic E-state index is 5.72. The van der Waals surface area contributed by atoms with Crippen molar-refractivity contribution in [2.24, 2.45) is 0 Å². The predicted molar refractivity (Wildman–Crippen MR) is 94.6 cm³/mol. The molecule has 25 heavy (non-hydrogen) atoms. The van der Waals surface area contributed by atoms with E-state index in [0.29, 0.717) is 24.9 Å². The first-order chi connectivity index (χ1) is 12.2. The van der Waals surface area contributed by atoms with Crippen LogP contribution in [-0.4, -0.2) is 42.4 Å². The molecule has 0 saturated heterocycles. The Bertz CT molecular complexity index is 772. The first kappa shape index (κ1) is 17.0. The lowest BCUT2D eigenvalue weighted by atomic mass is 10.2. The largest absolute Gasteiger partial charge is 0.497 e. The summed E-state index contributed by atoms with van der Waals surface area (Å²) in [6, 6.07) is 17.3. The van der Waals surface area contributed by atoms with Gasteiger partial charge < -0.3 is 13.9 Å². The van der Waals surface area contributed by atoms with Crippen molar-refractivity contribution >= 4 is 0 Å². The predicted octanol–water partition coefficient (Wildman–Crippen LogP) is 3.26. The molecule has 0 aliphatic carbocycles. The fraction of sp³-hybridized carbons (Fsp3) is 0.263. The molecule has 0 atom stereocenters. The van der Waals surface area contributed by atoms with Crippen molar-refractivity contribution in [1.82, 2.24) is 15.1 Å². The van der Waals surface area contributed by atoms with Crippen LogP contribution in [0.5, 0.6) is 11.5 Å². The molecular weight excluding hydrogens is 318 g/mol. The second-order valence-electron chi connectivity index (χ2n) is 5.63. The highest BCUT2D eigenvalue weighted by Crippen LogP contribution is 2.18. The summed E-state index contributed by atoms with van der Waals surface area (Å²) >= 11 is 0. The summed E-state index contributed by atoms with van der Waals surface area (Å²) in [6.07, 6.45) is 0. The zero-order chi connectivity index (χ0) is 17.5. The van der Waals surface area contributed by atoms with E-state index in [9.17, 15) is 0 Å². The third-order valence-corrected chi connectivity index (χ3v) is 3.69. The molecule has 1 heterocycles. The van der Waals surface area contributed by atoms with Crippen LogP contribution >= 0.6 is 0 Å². The quantitative estimate of drug-likeness (QED) is 0.628. The van der Waals surface area contributed by atoms with Gasteiger partial charge in [0.05, 0.1) is 13.7 Å². The maximum absolute atomic E-state index is 5.72. The van der Waals surface area contributed by atoms with Gasteiger partial charge in [-0.15, -0.1) is 10.2 Å². The number of aromatic nitrogens is 2. The summed E-state index contributed by atoms with van der Waals surface area (Å²) in [6.45, 7) is 1.89. The normalized spacial score (nSPS) is 10.8. The highest BCUT2D eigenvalue weighted by atomic mass is 16.5. The second-order valence-corrected chi connectivity index (χ2v) is 5.63. The molecular formula is C19H21N3O3. The summed E-state index contributed by atoms with van der Waals surface area (Å²) in [5, 5.41) is 8.20. The summed E-state index contributed by atoms with van der Waals surface area (Å²) < 4.78 is 16.6. The molecule has 0 bridgehead atoms. The van der Waals surface area contributed by atoms with Crippen LogP contribution in [0.15, 0.2) is 59.0 Å². The highest BCUT2D eigenvalue weighted by Gasteiger charge is 2.10. The van der Waals surface area contributed by atoms with Gasteiger partial charge in [-0.25, -0.2) is 0 Å². The van der Waals surface area contributed by atoms with Gasteiger partial charge in [0, 0.05) is 12.1 Å². The third-order valence-electron chi connectivity index (χ3n) is 3.69. The lowest BCUT2D eigenvalue weighted by Crippen LogP contribution is -2.24. The molecule has 0 unspecified atom stereocenters. The van der Waals surface area contributed by atoms with Gasteiger partial charge in [-0.2, -0.15) is 0 Å². The molecule has 3 rings (SSSR count). The van der Waals surface area contributed by atoms with Gasteiger partial charge in [0.2, 0.25) is 11.8 Å². The molecule has 0 radical (unpaired) electrons. The number of benzene rings is 2. The molecule has 130 valence electrons. The minimum atomic E-state index is 0.540. The topological polar surface area (TPSA) is 60.6 Å². The Balaban J connectivity index is 1.46. The standard InChI is InChI=1S/C19H21N3O3/c1-22(12-13-24-17-10-8-16(23-2)9-11-17)14-18-20-21-19(25-18)15-6-4-3-5-7-15/h3-11H,12-14H2,1-2H3. The van der Waals surface area contributed by atoms with Crippen LogP contribution in [0.2, 0.25) is 0 Å². The van der Waals surface area contributed by atoms with E-state index >= 15 is 0 Å². The van der Waals surface area contributed by atoms with Crippen LogP contribution in [0.25, 0.3) is 11.5 Å². The lowest BCUT2D eigenvalue weighted by molar-refractivity contribution is 0.220. The summed E-state index contributed by atoms with van der Waals surface area (Å²) in [5.74, 6) is 2.76. The van der Waals surface area contributed by atoms with Crippen molar-refractivity contribution in [3.63, 3.8) is 0 Å². The minimum absolute atomic E-state index is 0.540. The van der Waals surface area contributed by atoms with E-state index < -0.39 is 0 Å². The van der Waals surface area contributed by atoms with Gasteiger partial charge in [0.1, 0.15) is 18.1 Å². The van der Waals surface area contributed by atoms with Gasteiger partial charge in [0.15, 0.2) is 0 Å². The summed E-state index contributed by atoms with van der Waals surface area (Å²) in [4.78, 5) is 2.08. The smallest absolute Gasteiger partial charge is 0.247 e. The average molecular weight is 339 g/mol. The number of hydrogen-bond donors (Lipinski definition) is 0. The van der Waals surface area contributed by atoms with E-state index in [-0.39, 0.29) is 0 Å². The van der Waals surface area contributed by atoms with E-state index in [0.717, 1.165) is 23.6 Å². The number of likely N-dealkylation sites (N-methyl/N-ethyl adjacent to an activating group) is 1. The van der Waals surface area contributed by atoms with Crippen LogP contribution in [0.4, 0.5) is 0 Å². The van der Waals surface area contributed by atoms with Gasteiger partial charge in [0.25, 0.3) is 0 Å². The van der Waals surface area contributed by atoms with E-state index in [1.165, 1.54) is 0 Å².